The molecule has 1 aromatic rings. The number of methoxy groups -OCH3 is 2. The molecule has 0 atom stereocenters. The van der Waals surface area contributed by atoms with Crippen molar-refractivity contribution in [3.8, 4) is 11.6 Å². The zero-order valence-corrected chi connectivity index (χ0v) is 7.64. The van der Waals surface area contributed by atoms with E-state index >= 15 is 0 Å². The molecule has 0 saturated heterocycles. The summed E-state index contributed by atoms with van der Waals surface area (Å²) in [5.41, 5.74) is -1.13. The van der Waals surface area contributed by atoms with Gasteiger partial charge in [-0.3, -0.25) is 9.78 Å². The molecule has 0 aliphatic carbocycles. The van der Waals surface area contributed by atoms with Crippen molar-refractivity contribution in [3.63, 3.8) is 0 Å². The number of rotatable bonds is 3. The van der Waals surface area contributed by atoms with Gasteiger partial charge >= 0.3 is 0 Å². The second kappa shape index (κ2) is 4.08. The van der Waals surface area contributed by atoms with Crippen molar-refractivity contribution in [2.45, 2.75) is 6.43 Å². The van der Waals surface area contributed by atoms with Gasteiger partial charge in [0.15, 0.2) is 5.75 Å². The summed E-state index contributed by atoms with van der Waals surface area (Å²) in [5.74, 6) is -0.252. The summed E-state index contributed by atoms with van der Waals surface area (Å²) in [7, 11) is 2.48. The molecule has 0 amide bonds. The fraction of sp³-hybridized carbons (Fsp3) is 0.375. The molecule has 1 rings (SSSR count). The van der Waals surface area contributed by atoms with Crippen LogP contribution in [-0.4, -0.2) is 19.2 Å². The van der Waals surface area contributed by atoms with E-state index in [1.807, 2.05) is 0 Å². The Bertz CT molecular complexity index is 375. The molecule has 0 radical (unpaired) electrons. The highest BCUT2D eigenvalue weighted by Gasteiger charge is 2.19. The average Bonchev–Trinajstić information content (AvgIpc) is 2.16. The Kier molecular flexibility index (Phi) is 3.06. The maximum Gasteiger partial charge on any atom is 0.267 e. The standard InChI is InChI=1S/C8H9F2NO3/c1-13-6-4(7(9)10)3-5(12)11-8(6)14-2/h3,7H,1-2H3,(H,11,12). The first-order chi connectivity index (χ1) is 6.60. The largest absolute Gasteiger partial charge is 0.491 e. The van der Waals surface area contributed by atoms with Gasteiger partial charge in [0.2, 0.25) is 5.88 Å². The fourth-order valence-electron chi connectivity index (χ4n) is 1.06. The van der Waals surface area contributed by atoms with Crippen LogP contribution in [0.15, 0.2) is 10.9 Å². The molecule has 0 saturated carbocycles. The van der Waals surface area contributed by atoms with Gasteiger partial charge in [0, 0.05) is 6.07 Å². The van der Waals surface area contributed by atoms with Gasteiger partial charge in [0.25, 0.3) is 12.0 Å². The molecule has 78 valence electrons. The minimum absolute atomic E-state index is 0.102. The number of pyridine rings is 1. The van der Waals surface area contributed by atoms with Gasteiger partial charge in [-0.15, -0.1) is 0 Å². The van der Waals surface area contributed by atoms with Crippen LogP contribution < -0.4 is 15.0 Å². The Morgan fingerprint density at radius 2 is 2.00 bits per heavy atom. The third kappa shape index (κ3) is 1.84. The Labute approximate surface area is 78.5 Å². The van der Waals surface area contributed by atoms with E-state index in [1.165, 1.54) is 14.2 Å². The van der Waals surface area contributed by atoms with Crippen LogP contribution in [0.1, 0.15) is 12.0 Å². The van der Waals surface area contributed by atoms with Gasteiger partial charge in [-0.2, -0.15) is 0 Å². The third-order valence-electron chi connectivity index (χ3n) is 1.64. The molecule has 0 aliphatic rings. The first-order valence-corrected chi connectivity index (χ1v) is 3.73. The predicted molar refractivity (Wildman–Crippen MR) is 45.1 cm³/mol. The van der Waals surface area contributed by atoms with Crippen LogP contribution in [0.5, 0.6) is 11.6 Å². The van der Waals surface area contributed by atoms with Gasteiger partial charge in [-0.25, -0.2) is 8.78 Å². The summed E-state index contributed by atoms with van der Waals surface area (Å²) in [6, 6.07) is 0.784. The minimum atomic E-state index is -2.78. The summed E-state index contributed by atoms with van der Waals surface area (Å²) >= 11 is 0. The molecule has 0 aromatic carbocycles. The number of ether oxygens (including phenoxy) is 2. The van der Waals surface area contributed by atoms with Gasteiger partial charge in [-0.1, -0.05) is 0 Å². The SMILES string of the molecule is COc1[nH]c(=O)cc(C(F)F)c1OC. The molecule has 0 bridgehead atoms. The van der Waals surface area contributed by atoms with Crippen LogP contribution in [-0.2, 0) is 0 Å². The molecule has 1 N–H and O–H groups in total. The second-order valence-electron chi connectivity index (χ2n) is 2.46. The molecule has 0 spiro atoms. The fourth-order valence-corrected chi connectivity index (χ4v) is 1.06. The van der Waals surface area contributed by atoms with Crippen LogP contribution in [0.4, 0.5) is 8.78 Å². The summed E-state index contributed by atoms with van der Waals surface area (Å²) in [4.78, 5) is 13.2. The number of hydrogen-bond donors (Lipinski definition) is 1. The molecular weight excluding hydrogens is 196 g/mol. The van der Waals surface area contributed by atoms with Crippen molar-refractivity contribution in [2.24, 2.45) is 0 Å². The molecule has 6 heteroatoms. The molecule has 14 heavy (non-hydrogen) atoms. The van der Waals surface area contributed by atoms with Crippen molar-refractivity contribution in [3.05, 3.63) is 22.0 Å². The van der Waals surface area contributed by atoms with E-state index in [0.29, 0.717) is 0 Å². The molecule has 1 aromatic heterocycles. The van der Waals surface area contributed by atoms with Gasteiger partial charge in [0.05, 0.1) is 19.8 Å². The maximum absolute atomic E-state index is 12.4. The van der Waals surface area contributed by atoms with Gasteiger partial charge < -0.3 is 9.47 Å². The van der Waals surface area contributed by atoms with Gasteiger partial charge in [0.1, 0.15) is 0 Å². The van der Waals surface area contributed by atoms with E-state index in [9.17, 15) is 13.6 Å². The predicted octanol–water partition coefficient (Wildman–Crippen LogP) is 1.33. The third-order valence-corrected chi connectivity index (χ3v) is 1.64. The van der Waals surface area contributed by atoms with Crippen LogP contribution in [0.2, 0.25) is 0 Å². The maximum atomic E-state index is 12.4. The van der Waals surface area contributed by atoms with Gasteiger partial charge in [-0.05, 0) is 0 Å². The van der Waals surface area contributed by atoms with E-state index < -0.39 is 17.5 Å². The van der Waals surface area contributed by atoms with Crippen molar-refractivity contribution in [2.75, 3.05) is 14.2 Å². The first kappa shape index (κ1) is 10.5. The van der Waals surface area contributed by atoms with E-state index in [1.54, 1.807) is 0 Å². The lowest BCUT2D eigenvalue weighted by Crippen LogP contribution is -2.10. The molecule has 1 heterocycles. The number of nitrogens with one attached hydrogen (secondary N) is 1. The van der Waals surface area contributed by atoms with Crippen molar-refractivity contribution >= 4 is 0 Å². The molecular formula is C8H9F2NO3. The highest BCUT2D eigenvalue weighted by atomic mass is 19.3. The Balaban J connectivity index is 3.39. The monoisotopic (exact) mass is 205 g/mol. The summed E-state index contributed by atoms with van der Waals surface area (Å²) < 4.78 is 34.2. The summed E-state index contributed by atoms with van der Waals surface area (Å²) in [5, 5.41) is 0. The lowest BCUT2D eigenvalue weighted by Gasteiger charge is -2.10. The van der Waals surface area contributed by atoms with Crippen molar-refractivity contribution in [1.29, 1.82) is 0 Å². The number of aromatic amines is 1. The van der Waals surface area contributed by atoms with Crippen LogP contribution in [0.25, 0.3) is 0 Å². The Morgan fingerprint density at radius 1 is 1.36 bits per heavy atom. The van der Waals surface area contributed by atoms with Crippen molar-refractivity contribution < 1.29 is 18.3 Å². The van der Waals surface area contributed by atoms with Crippen molar-refractivity contribution in [1.82, 2.24) is 4.98 Å². The molecule has 0 fully saturated rings. The Hall–Kier alpha value is -1.59. The van der Waals surface area contributed by atoms with E-state index in [0.717, 1.165) is 6.07 Å². The molecule has 0 aliphatic heterocycles. The number of halogens is 2. The van der Waals surface area contributed by atoms with E-state index in [-0.39, 0.29) is 11.6 Å². The highest BCUT2D eigenvalue weighted by molar-refractivity contribution is 5.41. The highest BCUT2D eigenvalue weighted by Crippen LogP contribution is 2.33. The lowest BCUT2D eigenvalue weighted by atomic mass is 10.2. The molecule has 4 nitrogen and oxygen atoms in total. The number of H-pyrrole nitrogens is 1. The van der Waals surface area contributed by atoms with E-state index in [4.69, 9.17) is 9.47 Å². The summed E-state index contributed by atoms with van der Waals surface area (Å²) in [6.45, 7) is 0. The zero-order chi connectivity index (χ0) is 10.7. The zero-order valence-electron chi connectivity index (χ0n) is 7.64. The Morgan fingerprint density at radius 3 is 2.43 bits per heavy atom. The number of aromatic nitrogens is 1. The average molecular weight is 205 g/mol. The first-order valence-electron chi connectivity index (χ1n) is 3.73. The van der Waals surface area contributed by atoms with E-state index in [2.05, 4.69) is 4.98 Å². The smallest absolute Gasteiger partial charge is 0.267 e. The summed E-state index contributed by atoms with van der Waals surface area (Å²) in [6.07, 6.45) is -2.78. The van der Waals surface area contributed by atoms with Crippen LogP contribution in [0.3, 0.4) is 0 Å². The van der Waals surface area contributed by atoms with Crippen LogP contribution >= 0.6 is 0 Å². The normalized spacial score (nSPS) is 10.4. The second-order valence-corrected chi connectivity index (χ2v) is 2.46. The number of alkyl halides is 2. The quantitative estimate of drug-likeness (QED) is 0.809. The number of hydrogen-bond acceptors (Lipinski definition) is 3. The van der Waals surface area contributed by atoms with Crippen LogP contribution in [0, 0.1) is 0 Å². The molecule has 0 unspecified atom stereocenters. The topological polar surface area (TPSA) is 51.3 Å². The lowest BCUT2D eigenvalue weighted by molar-refractivity contribution is 0.145. The minimum Gasteiger partial charge on any atom is -0.491 e.